The van der Waals surface area contributed by atoms with Gasteiger partial charge in [-0.1, -0.05) is 24.3 Å². The standard InChI is InChI=1S/C25H31NO4/c1-28-24-14-19(9-11-23(24)30-17-22-7-4-12-29-22)16-26-25(27)15-18-8-10-20-5-2-3-6-21(20)13-18/h8-11,13-14,22H,2-7,12,15-17H2,1H3,(H,26,27). The summed E-state index contributed by atoms with van der Waals surface area (Å²) < 4.78 is 17.0. The Morgan fingerprint density at radius 1 is 1.03 bits per heavy atom. The monoisotopic (exact) mass is 409 g/mol. The third-order valence-electron chi connectivity index (χ3n) is 5.94. The Morgan fingerprint density at radius 3 is 2.67 bits per heavy atom. The van der Waals surface area contributed by atoms with Gasteiger partial charge in [-0.15, -0.1) is 0 Å². The molecule has 1 aliphatic carbocycles. The lowest BCUT2D eigenvalue weighted by atomic mass is 9.90. The maximum absolute atomic E-state index is 12.4. The van der Waals surface area contributed by atoms with Gasteiger partial charge in [-0.05, 0) is 72.9 Å². The Kier molecular flexibility index (Phi) is 6.90. The van der Waals surface area contributed by atoms with Crippen LogP contribution in [0.1, 0.15) is 47.9 Å². The Hall–Kier alpha value is -2.53. The number of ether oxygens (including phenoxy) is 3. The Bertz CT molecular complexity index is 873. The Morgan fingerprint density at radius 2 is 1.87 bits per heavy atom. The molecule has 1 fully saturated rings. The minimum atomic E-state index is 0.0310. The van der Waals surface area contributed by atoms with E-state index < -0.39 is 0 Å². The highest BCUT2D eigenvalue weighted by molar-refractivity contribution is 5.78. The third-order valence-corrected chi connectivity index (χ3v) is 5.94. The highest BCUT2D eigenvalue weighted by Crippen LogP contribution is 2.29. The molecule has 0 bridgehead atoms. The first-order valence-corrected chi connectivity index (χ1v) is 11.0. The molecule has 1 N–H and O–H groups in total. The zero-order valence-corrected chi connectivity index (χ0v) is 17.7. The van der Waals surface area contributed by atoms with Gasteiger partial charge in [0.05, 0.1) is 19.6 Å². The molecule has 2 aromatic carbocycles. The average molecular weight is 410 g/mol. The molecule has 1 unspecified atom stereocenters. The number of nitrogens with one attached hydrogen (secondary N) is 1. The Balaban J connectivity index is 1.29. The zero-order chi connectivity index (χ0) is 20.8. The minimum absolute atomic E-state index is 0.0310. The first-order valence-electron chi connectivity index (χ1n) is 11.0. The molecule has 0 spiro atoms. The van der Waals surface area contributed by atoms with Crippen LogP contribution in [-0.4, -0.2) is 32.3 Å². The van der Waals surface area contributed by atoms with E-state index in [1.165, 1.54) is 24.0 Å². The normalized spacial score (nSPS) is 18.0. The van der Waals surface area contributed by atoms with Gasteiger partial charge in [0.1, 0.15) is 6.61 Å². The fourth-order valence-electron chi connectivity index (χ4n) is 4.24. The van der Waals surface area contributed by atoms with Crippen molar-refractivity contribution in [2.45, 2.75) is 57.6 Å². The highest BCUT2D eigenvalue weighted by atomic mass is 16.5. The van der Waals surface area contributed by atoms with Crippen molar-refractivity contribution in [2.75, 3.05) is 20.3 Å². The van der Waals surface area contributed by atoms with E-state index in [0.29, 0.717) is 31.1 Å². The summed E-state index contributed by atoms with van der Waals surface area (Å²) in [6.07, 6.45) is 7.52. The van der Waals surface area contributed by atoms with Gasteiger partial charge < -0.3 is 19.5 Å². The number of fused-ring (bicyclic) bond motifs is 1. The maximum Gasteiger partial charge on any atom is 0.224 e. The summed E-state index contributed by atoms with van der Waals surface area (Å²) >= 11 is 0. The van der Waals surface area contributed by atoms with Crippen molar-refractivity contribution in [2.24, 2.45) is 0 Å². The SMILES string of the molecule is COc1cc(CNC(=O)Cc2ccc3c(c2)CCCC3)ccc1OCC1CCCO1. The number of aryl methyl sites for hydroxylation is 2. The highest BCUT2D eigenvalue weighted by Gasteiger charge is 2.17. The summed E-state index contributed by atoms with van der Waals surface area (Å²) in [7, 11) is 1.63. The van der Waals surface area contributed by atoms with E-state index in [1.807, 2.05) is 18.2 Å². The summed E-state index contributed by atoms with van der Waals surface area (Å²) in [5.41, 5.74) is 4.92. The molecule has 1 saturated heterocycles. The van der Waals surface area contributed by atoms with Crippen LogP contribution in [0.4, 0.5) is 0 Å². The molecular formula is C25H31NO4. The van der Waals surface area contributed by atoms with Crippen molar-refractivity contribution in [1.29, 1.82) is 0 Å². The number of amides is 1. The molecule has 0 aromatic heterocycles. The molecule has 1 heterocycles. The van der Waals surface area contributed by atoms with Gasteiger partial charge in [-0.25, -0.2) is 0 Å². The quantitative estimate of drug-likeness (QED) is 0.716. The van der Waals surface area contributed by atoms with Crippen LogP contribution in [0.5, 0.6) is 11.5 Å². The van der Waals surface area contributed by atoms with Crippen LogP contribution in [0.15, 0.2) is 36.4 Å². The van der Waals surface area contributed by atoms with Gasteiger partial charge in [0.25, 0.3) is 0 Å². The lowest BCUT2D eigenvalue weighted by Crippen LogP contribution is -2.24. The second-order valence-corrected chi connectivity index (χ2v) is 8.19. The molecule has 2 aromatic rings. The second-order valence-electron chi connectivity index (χ2n) is 8.19. The number of methoxy groups -OCH3 is 1. The lowest BCUT2D eigenvalue weighted by Gasteiger charge is -2.16. The van der Waals surface area contributed by atoms with Gasteiger partial charge in [0.15, 0.2) is 11.5 Å². The fraction of sp³-hybridized carbons (Fsp3) is 0.480. The molecule has 2 aliphatic rings. The summed E-state index contributed by atoms with van der Waals surface area (Å²) in [4.78, 5) is 12.4. The van der Waals surface area contributed by atoms with Gasteiger partial charge in [-0.2, -0.15) is 0 Å². The summed E-state index contributed by atoms with van der Waals surface area (Å²) in [5.74, 6) is 1.41. The molecule has 5 nitrogen and oxygen atoms in total. The zero-order valence-electron chi connectivity index (χ0n) is 17.7. The first kappa shape index (κ1) is 20.7. The van der Waals surface area contributed by atoms with E-state index in [4.69, 9.17) is 14.2 Å². The molecule has 160 valence electrons. The molecule has 1 amide bonds. The molecule has 4 rings (SSSR count). The predicted molar refractivity (Wildman–Crippen MR) is 116 cm³/mol. The van der Waals surface area contributed by atoms with E-state index in [1.54, 1.807) is 7.11 Å². The third kappa shape index (κ3) is 5.33. The topological polar surface area (TPSA) is 56.8 Å². The minimum Gasteiger partial charge on any atom is -0.493 e. The number of rotatable bonds is 8. The van der Waals surface area contributed by atoms with Crippen LogP contribution in [0.2, 0.25) is 0 Å². The van der Waals surface area contributed by atoms with Gasteiger partial charge >= 0.3 is 0 Å². The van der Waals surface area contributed by atoms with E-state index >= 15 is 0 Å². The van der Waals surface area contributed by atoms with Crippen LogP contribution in [0.3, 0.4) is 0 Å². The molecule has 1 atom stereocenters. The van der Waals surface area contributed by atoms with Crippen LogP contribution in [0, 0.1) is 0 Å². The Labute approximate surface area is 178 Å². The van der Waals surface area contributed by atoms with Gasteiger partial charge in [-0.3, -0.25) is 4.79 Å². The van der Waals surface area contributed by atoms with Gasteiger partial charge in [0, 0.05) is 13.2 Å². The lowest BCUT2D eigenvalue weighted by molar-refractivity contribution is -0.120. The second kappa shape index (κ2) is 9.98. The number of carbonyl (C=O) groups is 1. The number of benzene rings is 2. The molecule has 1 aliphatic heterocycles. The van der Waals surface area contributed by atoms with E-state index in [2.05, 4.69) is 23.5 Å². The fourth-order valence-corrected chi connectivity index (χ4v) is 4.24. The van der Waals surface area contributed by atoms with E-state index in [-0.39, 0.29) is 12.0 Å². The average Bonchev–Trinajstić information content (AvgIpc) is 3.30. The van der Waals surface area contributed by atoms with Crippen molar-refractivity contribution >= 4 is 5.91 Å². The summed E-state index contributed by atoms with van der Waals surface area (Å²) in [6.45, 7) is 1.81. The van der Waals surface area contributed by atoms with Crippen LogP contribution >= 0.6 is 0 Å². The van der Waals surface area contributed by atoms with Gasteiger partial charge in [0.2, 0.25) is 5.91 Å². The summed E-state index contributed by atoms with van der Waals surface area (Å²) in [5, 5.41) is 3.02. The van der Waals surface area contributed by atoms with Crippen molar-refractivity contribution in [1.82, 2.24) is 5.32 Å². The van der Waals surface area contributed by atoms with Crippen molar-refractivity contribution in [3.63, 3.8) is 0 Å². The maximum atomic E-state index is 12.4. The van der Waals surface area contributed by atoms with E-state index in [0.717, 1.165) is 43.4 Å². The molecule has 0 saturated carbocycles. The van der Waals surface area contributed by atoms with Crippen LogP contribution < -0.4 is 14.8 Å². The first-order chi connectivity index (χ1) is 14.7. The molecule has 5 heteroatoms. The molecule has 0 radical (unpaired) electrons. The number of hydrogen-bond donors (Lipinski definition) is 1. The van der Waals surface area contributed by atoms with Crippen LogP contribution in [0.25, 0.3) is 0 Å². The van der Waals surface area contributed by atoms with E-state index in [9.17, 15) is 4.79 Å². The largest absolute Gasteiger partial charge is 0.493 e. The number of carbonyl (C=O) groups excluding carboxylic acids is 1. The molecular weight excluding hydrogens is 378 g/mol. The predicted octanol–water partition coefficient (Wildman–Crippen LogP) is 3.99. The molecule has 30 heavy (non-hydrogen) atoms. The van der Waals surface area contributed by atoms with Crippen molar-refractivity contribution in [3.05, 3.63) is 58.7 Å². The summed E-state index contributed by atoms with van der Waals surface area (Å²) in [6, 6.07) is 12.3. The van der Waals surface area contributed by atoms with Crippen LogP contribution in [-0.2, 0) is 35.3 Å². The smallest absolute Gasteiger partial charge is 0.224 e. The van der Waals surface area contributed by atoms with Crippen molar-refractivity contribution < 1.29 is 19.0 Å². The van der Waals surface area contributed by atoms with Crippen molar-refractivity contribution in [3.8, 4) is 11.5 Å². The number of hydrogen-bond acceptors (Lipinski definition) is 4.